The number of rotatable bonds is 11. The van der Waals surface area contributed by atoms with Crippen LogP contribution in [0.15, 0.2) is 0 Å². The van der Waals surface area contributed by atoms with E-state index in [9.17, 15) is 9.59 Å². The van der Waals surface area contributed by atoms with E-state index in [0.29, 0.717) is 12.8 Å². The van der Waals surface area contributed by atoms with E-state index < -0.39 is 0 Å². The maximum Gasteiger partial charge on any atom is 0.185 e. The lowest BCUT2D eigenvalue weighted by atomic mass is 10.1. The molecular weight excluding hydrogens is 240 g/mol. The summed E-state index contributed by atoms with van der Waals surface area (Å²) >= 11 is 7.45. The second-order valence-electron chi connectivity index (χ2n) is 4.12. The van der Waals surface area contributed by atoms with Gasteiger partial charge in [0, 0.05) is 12.8 Å². The molecule has 0 bridgehead atoms. The van der Waals surface area contributed by atoms with Crippen molar-refractivity contribution in [3.63, 3.8) is 0 Å². The van der Waals surface area contributed by atoms with Gasteiger partial charge >= 0.3 is 0 Å². The highest BCUT2D eigenvalue weighted by Gasteiger charge is 1.96. The van der Waals surface area contributed by atoms with E-state index in [-0.39, 0.29) is 10.2 Å². The minimum Gasteiger partial charge on any atom is -0.288 e. The first-order chi connectivity index (χ1) is 7.63. The van der Waals surface area contributed by atoms with E-state index in [0.717, 1.165) is 25.7 Å². The van der Waals surface area contributed by atoms with E-state index in [1.165, 1.54) is 25.7 Å². The van der Waals surface area contributed by atoms with Gasteiger partial charge in [0.15, 0.2) is 10.2 Å². The third kappa shape index (κ3) is 14.0. The largest absolute Gasteiger partial charge is 0.288 e. The zero-order valence-electron chi connectivity index (χ0n) is 9.78. The van der Waals surface area contributed by atoms with Gasteiger partial charge in [-0.2, -0.15) is 0 Å². The van der Waals surface area contributed by atoms with Crippen LogP contribution in [-0.2, 0) is 9.59 Å². The van der Waals surface area contributed by atoms with Crippen molar-refractivity contribution in [1.82, 2.24) is 0 Å². The molecule has 0 aliphatic heterocycles. The fourth-order valence-electron chi connectivity index (χ4n) is 1.61. The van der Waals surface area contributed by atoms with Gasteiger partial charge in [-0.1, -0.05) is 38.5 Å². The Morgan fingerprint density at radius 2 is 0.812 bits per heavy atom. The lowest BCUT2D eigenvalue weighted by molar-refractivity contribution is -0.111. The van der Waals surface area contributed by atoms with Crippen LogP contribution in [0.1, 0.15) is 64.2 Å². The summed E-state index contributed by atoms with van der Waals surface area (Å²) in [6, 6.07) is 0. The molecule has 0 atom stereocenters. The molecule has 0 radical (unpaired) electrons. The van der Waals surface area contributed by atoms with Crippen LogP contribution >= 0.6 is 25.3 Å². The zero-order valence-corrected chi connectivity index (χ0v) is 11.6. The normalized spacial score (nSPS) is 10.4. The molecule has 0 aromatic heterocycles. The van der Waals surface area contributed by atoms with Gasteiger partial charge in [-0.15, -0.1) is 25.3 Å². The first kappa shape index (κ1) is 16.0. The Labute approximate surface area is 109 Å². The Bertz CT molecular complexity index is 183. The minimum atomic E-state index is -0.00331. The molecule has 94 valence electrons. The molecule has 0 spiro atoms. The van der Waals surface area contributed by atoms with Crippen molar-refractivity contribution in [2.45, 2.75) is 64.2 Å². The zero-order chi connectivity index (χ0) is 12.2. The van der Waals surface area contributed by atoms with Crippen LogP contribution in [0, 0.1) is 0 Å². The average Bonchev–Trinajstić information content (AvgIpc) is 2.20. The van der Waals surface area contributed by atoms with Crippen molar-refractivity contribution in [3.05, 3.63) is 0 Å². The van der Waals surface area contributed by atoms with Gasteiger partial charge in [0.05, 0.1) is 0 Å². The number of hydrogen-bond acceptors (Lipinski definition) is 2. The predicted molar refractivity (Wildman–Crippen MR) is 74.2 cm³/mol. The molecule has 0 amide bonds. The van der Waals surface area contributed by atoms with Crippen LogP contribution in [0.2, 0.25) is 0 Å². The molecule has 0 aliphatic rings. The Kier molecular flexibility index (Phi) is 11.6. The second-order valence-corrected chi connectivity index (χ2v) is 5.11. The van der Waals surface area contributed by atoms with Crippen LogP contribution in [0.3, 0.4) is 0 Å². The summed E-state index contributed by atoms with van der Waals surface area (Å²) < 4.78 is 0. The fourth-order valence-corrected chi connectivity index (χ4v) is 1.93. The van der Waals surface area contributed by atoms with E-state index in [4.69, 9.17) is 0 Å². The van der Waals surface area contributed by atoms with Gasteiger partial charge in [-0.25, -0.2) is 0 Å². The van der Waals surface area contributed by atoms with E-state index in [1.54, 1.807) is 0 Å². The molecule has 0 aliphatic carbocycles. The minimum absolute atomic E-state index is 0.00331. The number of hydrogen-bond donors (Lipinski definition) is 2. The molecule has 4 heteroatoms. The van der Waals surface area contributed by atoms with Crippen LogP contribution in [-0.4, -0.2) is 10.2 Å². The smallest absolute Gasteiger partial charge is 0.185 e. The maximum atomic E-state index is 10.5. The number of carbonyl (C=O) groups is 2. The van der Waals surface area contributed by atoms with E-state index in [1.807, 2.05) is 0 Å². The molecule has 0 rings (SSSR count). The number of carbonyl (C=O) groups excluding carboxylic acids is 2. The predicted octanol–water partition coefficient (Wildman–Crippen LogP) is 3.80. The molecule has 16 heavy (non-hydrogen) atoms. The molecule has 0 aromatic rings. The highest BCUT2D eigenvalue weighted by molar-refractivity contribution is 7.96. The summed E-state index contributed by atoms with van der Waals surface area (Å²) in [6.07, 6.45) is 10.3. The third-order valence-electron chi connectivity index (χ3n) is 2.53. The summed E-state index contributed by atoms with van der Waals surface area (Å²) in [4.78, 5) is 21.1. The van der Waals surface area contributed by atoms with Crippen molar-refractivity contribution < 1.29 is 9.59 Å². The van der Waals surface area contributed by atoms with Crippen molar-refractivity contribution in [2.24, 2.45) is 0 Å². The summed E-state index contributed by atoms with van der Waals surface area (Å²) in [5.41, 5.74) is 0. The third-order valence-corrected chi connectivity index (χ3v) is 2.98. The summed E-state index contributed by atoms with van der Waals surface area (Å²) in [6.45, 7) is 0. The Hall–Kier alpha value is 0.0400. The molecule has 0 N–H and O–H groups in total. The van der Waals surface area contributed by atoms with Crippen molar-refractivity contribution in [3.8, 4) is 0 Å². The first-order valence-electron chi connectivity index (χ1n) is 6.06. The molecule has 0 saturated carbocycles. The van der Waals surface area contributed by atoms with Gasteiger partial charge < -0.3 is 0 Å². The van der Waals surface area contributed by atoms with Crippen molar-refractivity contribution in [1.29, 1.82) is 0 Å². The summed E-state index contributed by atoms with van der Waals surface area (Å²) in [7, 11) is 0. The molecule has 0 aromatic carbocycles. The van der Waals surface area contributed by atoms with Crippen LogP contribution in [0.5, 0.6) is 0 Å². The molecular formula is C12H22O2S2. The SMILES string of the molecule is O=C(S)CCCCCCCCCCC(=O)S. The maximum absolute atomic E-state index is 10.5. The summed E-state index contributed by atoms with van der Waals surface area (Å²) in [5.74, 6) is 0. The highest BCUT2D eigenvalue weighted by atomic mass is 32.1. The topological polar surface area (TPSA) is 34.1 Å². The van der Waals surface area contributed by atoms with Gasteiger partial charge in [-0.3, -0.25) is 9.59 Å². The Morgan fingerprint density at radius 1 is 0.562 bits per heavy atom. The summed E-state index contributed by atoms with van der Waals surface area (Å²) in [5, 5.41) is -0.00663. The number of unbranched alkanes of at least 4 members (excludes halogenated alkanes) is 7. The lowest BCUT2D eigenvalue weighted by Crippen LogP contribution is -1.88. The van der Waals surface area contributed by atoms with E-state index >= 15 is 0 Å². The van der Waals surface area contributed by atoms with Crippen molar-refractivity contribution >= 4 is 35.5 Å². The monoisotopic (exact) mass is 262 g/mol. The molecule has 0 saturated heterocycles. The average molecular weight is 262 g/mol. The van der Waals surface area contributed by atoms with E-state index in [2.05, 4.69) is 25.3 Å². The molecule has 0 unspecified atom stereocenters. The number of thiol groups is 2. The second kappa shape index (κ2) is 11.5. The molecule has 2 nitrogen and oxygen atoms in total. The van der Waals surface area contributed by atoms with Gasteiger partial charge in [0.1, 0.15) is 0 Å². The van der Waals surface area contributed by atoms with Crippen LogP contribution in [0.4, 0.5) is 0 Å². The van der Waals surface area contributed by atoms with Crippen LogP contribution < -0.4 is 0 Å². The first-order valence-corrected chi connectivity index (χ1v) is 6.96. The Morgan fingerprint density at radius 3 is 1.06 bits per heavy atom. The standard InChI is InChI=1S/C12H22O2S2/c13-11(15)9-7-5-3-1-2-4-6-8-10-12(14)16/h1-10H2,(H,13,15)(H,14,16). The fraction of sp³-hybridized carbons (Fsp3) is 0.833. The molecule has 0 heterocycles. The van der Waals surface area contributed by atoms with Gasteiger partial charge in [-0.05, 0) is 12.8 Å². The highest BCUT2D eigenvalue weighted by Crippen LogP contribution is 2.11. The molecule has 0 fully saturated rings. The van der Waals surface area contributed by atoms with Crippen molar-refractivity contribution in [2.75, 3.05) is 0 Å². The van der Waals surface area contributed by atoms with Gasteiger partial charge in [0.2, 0.25) is 0 Å². The Balaban J connectivity index is 2.98. The van der Waals surface area contributed by atoms with Gasteiger partial charge in [0.25, 0.3) is 0 Å². The van der Waals surface area contributed by atoms with Crippen LogP contribution in [0.25, 0.3) is 0 Å². The lowest BCUT2D eigenvalue weighted by Gasteiger charge is -2.00. The quantitative estimate of drug-likeness (QED) is 0.439.